The quantitative estimate of drug-likeness (QED) is 0.523. The highest BCUT2D eigenvalue weighted by molar-refractivity contribution is 7.16. The zero-order chi connectivity index (χ0) is 10.6. The second-order valence-electron chi connectivity index (χ2n) is 2.98. The first-order valence-corrected chi connectivity index (χ1v) is 10.9. The SMILES string of the molecule is CCCP.C[SiH](C)O.C[SiH](C)O. The van der Waals surface area contributed by atoms with Gasteiger partial charge in [-0.2, -0.15) is 0 Å². The Balaban J connectivity index is -0.000000101. The molecule has 0 heterocycles. The maximum atomic E-state index is 8.19. The van der Waals surface area contributed by atoms with Crippen molar-refractivity contribution in [2.45, 2.75) is 39.5 Å². The van der Waals surface area contributed by atoms with E-state index in [0.717, 1.165) is 0 Å². The van der Waals surface area contributed by atoms with Gasteiger partial charge in [0.05, 0.1) is 0 Å². The van der Waals surface area contributed by atoms with Crippen molar-refractivity contribution < 1.29 is 9.59 Å². The lowest BCUT2D eigenvalue weighted by atomic mass is 10.6. The van der Waals surface area contributed by atoms with Gasteiger partial charge < -0.3 is 9.59 Å². The van der Waals surface area contributed by atoms with Crippen LogP contribution in [-0.2, 0) is 0 Å². The Kier molecular flexibility index (Phi) is 27.4. The van der Waals surface area contributed by atoms with Crippen LogP contribution in [0.2, 0.25) is 26.2 Å². The lowest BCUT2D eigenvalue weighted by molar-refractivity contribution is 0.586. The van der Waals surface area contributed by atoms with E-state index in [1.165, 1.54) is 12.6 Å². The maximum absolute atomic E-state index is 8.19. The van der Waals surface area contributed by atoms with E-state index in [2.05, 4.69) is 16.2 Å². The van der Waals surface area contributed by atoms with Gasteiger partial charge in [-0.25, -0.2) is 0 Å². The van der Waals surface area contributed by atoms with Crippen molar-refractivity contribution in [2.24, 2.45) is 0 Å². The Bertz CT molecular complexity index is 49.9. The van der Waals surface area contributed by atoms with Crippen LogP contribution in [0.15, 0.2) is 0 Å². The Labute approximate surface area is 83.1 Å². The molecular weight excluding hydrogens is 203 g/mol. The molecule has 1 unspecified atom stereocenters. The van der Waals surface area contributed by atoms with Crippen molar-refractivity contribution in [3.63, 3.8) is 0 Å². The van der Waals surface area contributed by atoms with E-state index in [9.17, 15) is 0 Å². The van der Waals surface area contributed by atoms with E-state index in [-0.39, 0.29) is 0 Å². The molecule has 0 saturated heterocycles. The van der Waals surface area contributed by atoms with Gasteiger partial charge >= 0.3 is 0 Å². The van der Waals surface area contributed by atoms with Crippen molar-refractivity contribution in [2.75, 3.05) is 6.16 Å². The first kappa shape index (κ1) is 18.5. The summed E-state index contributed by atoms with van der Waals surface area (Å²) in [5, 5.41) is 0. The van der Waals surface area contributed by atoms with E-state index < -0.39 is 18.1 Å². The van der Waals surface area contributed by atoms with E-state index >= 15 is 0 Å². The minimum Gasteiger partial charge on any atom is -0.435 e. The number of rotatable bonds is 1. The molecule has 0 amide bonds. The summed E-state index contributed by atoms with van der Waals surface area (Å²) in [7, 11) is 0.377. The van der Waals surface area contributed by atoms with Gasteiger partial charge in [-0.1, -0.05) is 13.3 Å². The Morgan fingerprint density at radius 3 is 1.08 bits per heavy atom. The van der Waals surface area contributed by atoms with Crippen molar-refractivity contribution in [1.29, 1.82) is 0 Å². The fourth-order valence-electron chi connectivity index (χ4n) is 0. The van der Waals surface area contributed by atoms with Gasteiger partial charge in [-0.3, -0.25) is 0 Å². The summed E-state index contributed by atoms with van der Waals surface area (Å²) in [6, 6.07) is 0. The maximum Gasteiger partial charge on any atom is 0.166 e. The van der Waals surface area contributed by atoms with Crippen LogP contribution in [0.25, 0.3) is 0 Å². The second kappa shape index (κ2) is 17.8. The molecule has 12 heavy (non-hydrogen) atoms. The summed E-state index contributed by atoms with van der Waals surface area (Å²) in [6.45, 7) is 9.60. The summed E-state index contributed by atoms with van der Waals surface area (Å²) >= 11 is 0. The molecule has 1 atom stereocenters. The largest absolute Gasteiger partial charge is 0.435 e. The first-order valence-electron chi connectivity index (χ1n) is 4.44. The van der Waals surface area contributed by atoms with Crippen LogP contribution in [0.4, 0.5) is 0 Å². The Hall–Kier alpha value is 0.784. The molecule has 0 aromatic carbocycles. The zero-order valence-electron chi connectivity index (χ0n) is 9.04. The smallest absolute Gasteiger partial charge is 0.166 e. The summed E-state index contributed by atoms with van der Waals surface area (Å²) in [5.41, 5.74) is 0. The minimum atomic E-state index is -1.14. The third-order valence-corrected chi connectivity index (χ3v) is 0.866. The molecule has 0 bridgehead atoms. The zero-order valence-corrected chi connectivity index (χ0v) is 12.5. The fraction of sp³-hybridized carbons (Fsp3) is 1.00. The van der Waals surface area contributed by atoms with Crippen LogP contribution in [0, 0.1) is 0 Å². The van der Waals surface area contributed by atoms with Crippen molar-refractivity contribution in [3.8, 4) is 0 Å². The summed E-state index contributed by atoms with van der Waals surface area (Å²) < 4.78 is 0. The standard InChI is InChI=1S/C3H9P.2C2H8OSi/c1-2-3-4;2*1-4(2)3/h2-4H2,1H3;2*3-4H,1-2H3. The van der Waals surface area contributed by atoms with Crippen LogP contribution in [0.5, 0.6) is 0 Å². The highest BCUT2D eigenvalue weighted by Gasteiger charge is 1.75. The van der Waals surface area contributed by atoms with E-state index in [1.54, 1.807) is 0 Å². The molecule has 2 N–H and O–H groups in total. The molecule has 0 aliphatic heterocycles. The van der Waals surface area contributed by atoms with Crippen LogP contribution >= 0.6 is 9.24 Å². The van der Waals surface area contributed by atoms with Gasteiger partial charge in [0.2, 0.25) is 0 Å². The third kappa shape index (κ3) is 324. The van der Waals surface area contributed by atoms with Crippen molar-refractivity contribution in [3.05, 3.63) is 0 Å². The number of hydrogen-bond acceptors (Lipinski definition) is 2. The van der Waals surface area contributed by atoms with Gasteiger partial charge in [0, 0.05) is 0 Å². The van der Waals surface area contributed by atoms with E-state index in [4.69, 9.17) is 9.59 Å². The predicted molar refractivity (Wildman–Crippen MR) is 67.1 cm³/mol. The molecule has 5 heteroatoms. The lowest BCUT2D eigenvalue weighted by Crippen LogP contribution is -1.93. The lowest BCUT2D eigenvalue weighted by Gasteiger charge is -1.76. The van der Waals surface area contributed by atoms with Gasteiger partial charge in [0.15, 0.2) is 18.1 Å². The van der Waals surface area contributed by atoms with Crippen LogP contribution in [-0.4, -0.2) is 33.8 Å². The molecule has 0 spiro atoms. The molecule has 0 aromatic rings. The average molecular weight is 228 g/mol. The van der Waals surface area contributed by atoms with Gasteiger partial charge in [0.25, 0.3) is 0 Å². The molecule has 0 aromatic heterocycles. The normalized spacial score (nSPS) is 8.50. The van der Waals surface area contributed by atoms with E-state index in [0.29, 0.717) is 0 Å². The van der Waals surface area contributed by atoms with Gasteiger partial charge in [-0.15, -0.1) is 9.24 Å². The third-order valence-electron chi connectivity index (χ3n) is 0.289. The highest BCUT2D eigenvalue weighted by Crippen LogP contribution is 1.81. The van der Waals surface area contributed by atoms with Crippen LogP contribution in [0.3, 0.4) is 0 Å². The van der Waals surface area contributed by atoms with Gasteiger partial charge in [-0.05, 0) is 32.3 Å². The molecule has 78 valence electrons. The molecule has 0 aliphatic carbocycles. The monoisotopic (exact) mass is 228 g/mol. The topological polar surface area (TPSA) is 40.5 Å². The van der Waals surface area contributed by atoms with Gasteiger partial charge in [0.1, 0.15) is 0 Å². The summed E-state index contributed by atoms with van der Waals surface area (Å²) in [4.78, 5) is 16.4. The molecule has 0 fully saturated rings. The second-order valence-corrected chi connectivity index (χ2v) is 7.93. The summed E-state index contributed by atoms with van der Waals surface area (Å²) in [5.74, 6) is 0. The molecule has 0 saturated carbocycles. The molecule has 0 rings (SSSR count). The predicted octanol–water partition coefficient (Wildman–Crippen LogP) is 1.20. The van der Waals surface area contributed by atoms with E-state index in [1.807, 2.05) is 26.2 Å². The molecule has 0 radical (unpaired) electrons. The fourth-order valence-corrected chi connectivity index (χ4v) is 0. The molecular formula is C7H25O2PSi2. The molecule has 2 nitrogen and oxygen atoms in total. The highest BCUT2D eigenvalue weighted by atomic mass is 31.0. The first-order chi connectivity index (χ1) is 5.38. The average Bonchev–Trinajstić information content (AvgIpc) is 1.85. The molecule has 0 aliphatic rings. The van der Waals surface area contributed by atoms with Crippen LogP contribution < -0.4 is 0 Å². The van der Waals surface area contributed by atoms with Crippen molar-refractivity contribution >= 4 is 27.3 Å². The Morgan fingerprint density at radius 1 is 1.00 bits per heavy atom. The Morgan fingerprint density at radius 2 is 1.08 bits per heavy atom. The van der Waals surface area contributed by atoms with Crippen molar-refractivity contribution in [1.82, 2.24) is 0 Å². The van der Waals surface area contributed by atoms with Crippen LogP contribution in [0.1, 0.15) is 13.3 Å². The minimum absolute atomic E-state index is 1.14. The summed E-state index contributed by atoms with van der Waals surface area (Å²) in [6.07, 6.45) is 2.52. The number of hydrogen-bond donors (Lipinski definition) is 2.